The average Bonchev–Trinajstić information content (AvgIpc) is 2.95. The number of halogens is 3. The molecule has 3 aromatic carbocycles. The molecule has 1 amide bonds. The van der Waals surface area contributed by atoms with Gasteiger partial charge in [0.05, 0.1) is 17.7 Å². The van der Waals surface area contributed by atoms with E-state index in [1.807, 2.05) is 30.3 Å². The molecule has 218 valence electrons. The molecule has 0 aliphatic carbocycles. The van der Waals surface area contributed by atoms with Crippen LogP contribution in [0, 0.1) is 0 Å². The topological polar surface area (TPSA) is 88.5 Å². The van der Waals surface area contributed by atoms with Gasteiger partial charge in [0, 0.05) is 29.4 Å². The van der Waals surface area contributed by atoms with Crippen LogP contribution >= 0.6 is 0 Å². The van der Waals surface area contributed by atoms with E-state index in [1.54, 1.807) is 36.5 Å². The lowest BCUT2D eigenvalue weighted by molar-refractivity contribution is -0.138. The number of hydrogen-bond acceptors (Lipinski definition) is 4. The third kappa shape index (κ3) is 7.75. The first-order valence-electron chi connectivity index (χ1n) is 13.3. The molecule has 0 unspecified atom stereocenters. The SMILES string of the molecule is CC(C)(C)c1ccc([C@@H](Oc2ccc(C(=O)NCCC(=O)O)cc2)c2ccc(-c3ccc(C(F)(F)F)cc3)nc2)cc1. The number of pyridine rings is 1. The summed E-state index contributed by atoms with van der Waals surface area (Å²) in [4.78, 5) is 27.5. The number of alkyl halides is 3. The fourth-order valence-corrected chi connectivity index (χ4v) is 4.25. The number of carboxylic acid groups (broad SMARTS) is 1. The number of carbonyl (C=O) groups is 2. The fourth-order valence-electron chi connectivity index (χ4n) is 4.25. The highest BCUT2D eigenvalue weighted by Gasteiger charge is 2.30. The van der Waals surface area contributed by atoms with Gasteiger partial charge in [0.25, 0.3) is 5.91 Å². The molecule has 4 aromatic rings. The van der Waals surface area contributed by atoms with Gasteiger partial charge in [-0.1, -0.05) is 63.2 Å². The summed E-state index contributed by atoms with van der Waals surface area (Å²) in [6, 6.07) is 23.0. The van der Waals surface area contributed by atoms with E-state index in [0.29, 0.717) is 22.6 Å². The van der Waals surface area contributed by atoms with Gasteiger partial charge in [0.2, 0.25) is 0 Å². The predicted molar refractivity (Wildman–Crippen MR) is 153 cm³/mol. The first-order chi connectivity index (χ1) is 19.8. The molecule has 9 heteroatoms. The molecule has 1 aromatic heterocycles. The second-order valence-corrected chi connectivity index (χ2v) is 10.8. The minimum absolute atomic E-state index is 0.0223. The van der Waals surface area contributed by atoms with Gasteiger partial charge >= 0.3 is 12.1 Å². The van der Waals surface area contributed by atoms with Crippen molar-refractivity contribution in [1.82, 2.24) is 10.3 Å². The van der Waals surface area contributed by atoms with E-state index in [0.717, 1.165) is 28.8 Å². The van der Waals surface area contributed by atoms with Crippen LogP contribution in [0.15, 0.2) is 91.1 Å². The van der Waals surface area contributed by atoms with Gasteiger partial charge in [-0.15, -0.1) is 0 Å². The van der Waals surface area contributed by atoms with Crippen molar-refractivity contribution >= 4 is 11.9 Å². The summed E-state index contributed by atoms with van der Waals surface area (Å²) in [5.74, 6) is -0.892. The molecule has 0 fully saturated rings. The van der Waals surface area contributed by atoms with E-state index in [1.165, 1.54) is 12.1 Å². The Morgan fingerprint density at radius 1 is 0.833 bits per heavy atom. The quantitative estimate of drug-likeness (QED) is 0.216. The summed E-state index contributed by atoms with van der Waals surface area (Å²) in [7, 11) is 0. The zero-order valence-corrected chi connectivity index (χ0v) is 23.4. The fraction of sp³-hybridized carbons (Fsp3) is 0.242. The van der Waals surface area contributed by atoms with Crippen molar-refractivity contribution in [1.29, 1.82) is 0 Å². The number of carboxylic acids is 1. The molecule has 0 bridgehead atoms. The van der Waals surface area contributed by atoms with Gasteiger partial charge in [-0.2, -0.15) is 13.2 Å². The summed E-state index contributed by atoms with van der Waals surface area (Å²) in [6.45, 7) is 6.40. The maximum atomic E-state index is 13.0. The zero-order chi connectivity index (χ0) is 30.5. The summed E-state index contributed by atoms with van der Waals surface area (Å²) in [5, 5.41) is 11.3. The molecule has 42 heavy (non-hydrogen) atoms. The van der Waals surface area contributed by atoms with Crippen LogP contribution in [0.5, 0.6) is 5.75 Å². The number of aliphatic carboxylic acids is 1. The van der Waals surface area contributed by atoms with Crippen LogP contribution in [0.3, 0.4) is 0 Å². The number of nitrogens with one attached hydrogen (secondary N) is 1. The smallest absolute Gasteiger partial charge is 0.416 e. The largest absolute Gasteiger partial charge is 0.481 e. The molecule has 0 saturated carbocycles. The van der Waals surface area contributed by atoms with Gasteiger partial charge in [-0.25, -0.2) is 0 Å². The number of ether oxygens (including phenoxy) is 1. The molecular weight excluding hydrogens is 545 g/mol. The number of aromatic nitrogens is 1. The number of benzene rings is 3. The summed E-state index contributed by atoms with van der Waals surface area (Å²) in [6.07, 6.45) is -3.51. The number of nitrogens with zero attached hydrogens (tertiary/aromatic N) is 1. The van der Waals surface area contributed by atoms with E-state index >= 15 is 0 Å². The molecule has 4 rings (SSSR count). The van der Waals surface area contributed by atoms with Gasteiger partial charge in [0.1, 0.15) is 5.75 Å². The Bertz CT molecular complexity index is 1510. The number of carbonyl (C=O) groups excluding carboxylic acids is 1. The van der Waals surface area contributed by atoms with Crippen LogP contribution in [0.25, 0.3) is 11.3 Å². The van der Waals surface area contributed by atoms with Crippen LogP contribution < -0.4 is 10.1 Å². The molecule has 0 radical (unpaired) electrons. The minimum Gasteiger partial charge on any atom is -0.481 e. The van der Waals surface area contributed by atoms with Crippen molar-refractivity contribution in [3.05, 3.63) is 119 Å². The number of amides is 1. The van der Waals surface area contributed by atoms with E-state index in [-0.39, 0.29) is 24.3 Å². The summed E-state index contributed by atoms with van der Waals surface area (Å²) < 4.78 is 45.3. The van der Waals surface area contributed by atoms with Crippen molar-refractivity contribution in [2.75, 3.05) is 6.54 Å². The van der Waals surface area contributed by atoms with Crippen LogP contribution in [0.1, 0.15) is 65.9 Å². The Labute approximate surface area is 242 Å². The zero-order valence-electron chi connectivity index (χ0n) is 23.4. The lowest BCUT2D eigenvalue weighted by Crippen LogP contribution is -2.25. The lowest BCUT2D eigenvalue weighted by atomic mass is 9.86. The molecule has 1 atom stereocenters. The van der Waals surface area contributed by atoms with E-state index < -0.39 is 23.8 Å². The van der Waals surface area contributed by atoms with Crippen molar-refractivity contribution in [2.24, 2.45) is 0 Å². The molecule has 2 N–H and O–H groups in total. The highest BCUT2D eigenvalue weighted by Crippen LogP contribution is 2.33. The highest BCUT2D eigenvalue weighted by molar-refractivity contribution is 5.94. The second kappa shape index (κ2) is 12.5. The Morgan fingerprint density at radius 2 is 1.43 bits per heavy atom. The molecule has 0 spiro atoms. The van der Waals surface area contributed by atoms with Crippen molar-refractivity contribution in [3.8, 4) is 17.0 Å². The lowest BCUT2D eigenvalue weighted by Gasteiger charge is -2.23. The first kappa shape index (κ1) is 30.3. The standard InChI is InChI=1S/C33H31F3N2O4/c1-32(2,3)25-11-6-22(7-12-25)30(42-27-15-8-23(9-16-27)31(41)37-19-18-29(39)40)24-10-17-28(38-20-24)21-4-13-26(14-5-21)33(34,35)36/h4-17,20,30H,18-19H2,1-3H3,(H,37,41)(H,39,40)/t30-/m1/s1. The van der Waals surface area contributed by atoms with Crippen LogP contribution in [0.4, 0.5) is 13.2 Å². The van der Waals surface area contributed by atoms with Crippen molar-refractivity contribution < 1.29 is 32.6 Å². The molecule has 1 heterocycles. The Kier molecular flexibility index (Phi) is 8.99. The molecule has 0 aliphatic heterocycles. The number of hydrogen-bond donors (Lipinski definition) is 2. The van der Waals surface area contributed by atoms with E-state index in [4.69, 9.17) is 9.84 Å². The third-order valence-electron chi connectivity index (χ3n) is 6.67. The van der Waals surface area contributed by atoms with Gasteiger partial charge in [-0.3, -0.25) is 14.6 Å². The van der Waals surface area contributed by atoms with Gasteiger partial charge in [0.15, 0.2) is 6.10 Å². The van der Waals surface area contributed by atoms with Gasteiger partial charge < -0.3 is 15.2 Å². The monoisotopic (exact) mass is 576 g/mol. The number of rotatable bonds is 9. The molecule has 0 aliphatic rings. The van der Waals surface area contributed by atoms with Crippen LogP contribution in [-0.4, -0.2) is 28.5 Å². The second-order valence-electron chi connectivity index (χ2n) is 10.8. The average molecular weight is 577 g/mol. The van der Waals surface area contributed by atoms with Crippen molar-refractivity contribution in [2.45, 2.75) is 44.9 Å². The normalized spacial score (nSPS) is 12.4. The van der Waals surface area contributed by atoms with E-state index in [2.05, 4.69) is 31.1 Å². The van der Waals surface area contributed by atoms with Gasteiger partial charge in [-0.05, 0) is 59.0 Å². The highest BCUT2D eigenvalue weighted by atomic mass is 19.4. The first-order valence-corrected chi connectivity index (χ1v) is 13.3. The maximum absolute atomic E-state index is 13.0. The molecular formula is C33H31F3N2O4. The maximum Gasteiger partial charge on any atom is 0.416 e. The summed E-state index contributed by atoms with van der Waals surface area (Å²) >= 11 is 0. The minimum atomic E-state index is -4.41. The Balaban J connectivity index is 1.59. The third-order valence-corrected chi connectivity index (χ3v) is 6.67. The Morgan fingerprint density at radius 3 is 1.95 bits per heavy atom. The predicted octanol–water partition coefficient (Wildman–Crippen LogP) is 7.44. The van der Waals surface area contributed by atoms with Crippen molar-refractivity contribution in [3.63, 3.8) is 0 Å². The summed E-state index contributed by atoms with van der Waals surface area (Å²) in [5.41, 5.74) is 3.42. The van der Waals surface area contributed by atoms with Crippen LogP contribution in [-0.2, 0) is 16.4 Å². The Hall–Kier alpha value is -4.66. The molecule has 0 saturated heterocycles. The van der Waals surface area contributed by atoms with Crippen LogP contribution in [0.2, 0.25) is 0 Å². The molecule has 6 nitrogen and oxygen atoms in total. The van der Waals surface area contributed by atoms with E-state index in [9.17, 15) is 22.8 Å².